The number of morpholine rings is 1. The molecule has 116 valence electrons. The second kappa shape index (κ2) is 7.43. The monoisotopic (exact) mass is 293 g/mol. The van der Waals surface area contributed by atoms with Crippen molar-refractivity contribution in [3.05, 3.63) is 29.8 Å². The molecular formula is C16H23NO4. The fraction of sp³-hybridized carbons (Fsp3) is 0.562. The summed E-state index contributed by atoms with van der Waals surface area (Å²) in [5, 5.41) is 9.14. The van der Waals surface area contributed by atoms with E-state index in [0.29, 0.717) is 18.9 Å². The number of nitrogens with zero attached hydrogens (tertiary/aromatic N) is 1. The number of carbonyl (C=O) groups excluding carboxylic acids is 1. The van der Waals surface area contributed by atoms with Crippen molar-refractivity contribution in [2.24, 2.45) is 0 Å². The molecule has 0 aliphatic carbocycles. The van der Waals surface area contributed by atoms with Crippen molar-refractivity contribution in [1.82, 2.24) is 4.90 Å². The number of ether oxygens (including phenoxy) is 2. The molecular weight excluding hydrogens is 270 g/mol. The van der Waals surface area contributed by atoms with E-state index in [1.807, 2.05) is 31.2 Å². The first-order valence-corrected chi connectivity index (χ1v) is 7.37. The van der Waals surface area contributed by atoms with E-state index >= 15 is 0 Å². The zero-order chi connectivity index (χ0) is 15.2. The van der Waals surface area contributed by atoms with Crippen LogP contribution < -0.4 is 4.74 Å². The quantitative estimate of drug-likeness (QED) is 0.887. The van der Waals surface area contributed by atoms with Gasteiger partial charge in [-0.25, -0.2) is 0 Å². The van der Waals surface area contributed by atoms with Crippen molar-refractivity contribution in [2.45, 2.75) is 32.4 Å². The number of hydrogen-bond acceptors (Lipinski definition) is 4. The Bertz CT molecular complexity index is 460. The number of benzene rings is 1. The second-order valence-electron chi connectivity index (χ2n) is 5.32. The molecule has 1 aromatic carbocycles. The van der Waals surface area contributed by atoms with Gasteiger partial charge in [-0.1, -0.05) is 19.1 Å². The van der Waals surface area contributed by atoms with Gasteiger partial charge in [-0.2, -0.15) is 0 Å². The van der Waals surface area contributed by atoms with Gasteiger partial charge in [0.2, 0.25) is 0 Å². The van der Waals surface area contributed by atoms with Gasteiger partial charge < -0.3 is 19.5 Å². The summed E-state index contributed by atoms with van der Waals surface area (Å²) >= 11 is 0. The topological polar surface area (TPSA) is 59.0 Å². The average molecular weight is 293 g/mol. The van der Waals surface area contributed by atoms with E-state index in [1.54, 1.807) is 4.90 Å². The van der Waals surface area contributed by atoms with E-state index in [0.717, 1.165) is 6.42 Å². The fourth-order valence-electron chi connectivity index (χ4n) is 2.32. The molecule has 0 bridgehead atoms. The van der Waals surface area contributed by atoms with Crippen molar-refractivity contribution >= 4 is 5.91 Å². The Morgan fingerprint density at radius 2 is 2.14 bits per heavy atom. The normalized spacial score (nSPS) is 22.1. The minimum absolute atomic E-state index is 0.00590. The summed E-state index contributed by atoms with van der Waals surface area (Å²) in [4.78, 5) is 13.9. The minimum atomic E-state index is -0.297. The lowest BCUT2D eigenvalue weighted by molar-refractivity contribution is -0.148. The van der Waals surface area contributed by atoms with E-state index in [1.165, 1.54) is 5.56 Å². The third-order valence-corrected chi connectivity index (χ3v) is 3.72. The van der Waals surface area contributed by atoms with Crippen LogP contribution in [0, 0.1) is 0 Å². The van der Waals surface area contributed by atoms with Crippen LogP contribution in [0.25, 0.3) is 0 Å². The van der Waals surface area contributed by atoms with E-state index in [-0.39, 0.29) is 31.3 Å². The molecule has 2 atom stereocenters. The first kappa shape index (κ1) is 15.8. The first-order valence-electron chi connectivity index (χ1n) is 7.37. The molecule has 2 unspecified atom stereocenters. The number of rotatable bonds is 5. The van der Waals surface area contributed by atoms with Crippen LogP contribution in [0.2, 0.25) is 0 Å². The smallest absolute Gasteiger partial charge is 0.260 e. The molecule has 1 N–H and O–H groups in total. The number of aryl methyl sites for hydroxylation is 1. The van der Waals surface area contributed by atoms with Crippen LogP contribution in [0.4, 0.5) is 0 Å². The highest BCUT2D eigenvalue weighted by atomic mass is 16.5. The highest BCUT2D eigenvalue weighted by Gasteiger charge is 2.29. The number of aliphatic hydroxyl groups excluding tert-OH is 1. The third kappa shape index (κ3) is 4.19. The molecule has 1 aromatic rings. The molecule has 21 heavy (non-hydrogen) atoms. The van der Waals surface area contributed by atoms with Crippen LogP contribution in [0.3, 0.4) is 0 Å². The van der Waals surface area contributed by atoms with E-state index in [4.69, 9.17) is 14.6 Å². The van der Waals surface area contributed by atoms with Gasteiger partial charge in [0.15, 0.2) is 6.61 Å². The molecule has 1 aliphatic rings. The molecule has 0 aromatic heterocycles. The Labute approximate surface area is 125 Å². The summed E-state index contributed by atoms with van der Waals surface area (Å²) < 4.78 is 11.0. The summed E-state index contributed by atoms with van der Waals surface area (Å²) in [5.74, 6) is 0.615. The standard InChI is InChI=1S/C16H23NO4/c1-3-13-4-6-14(7-5-13)21-11-16(19)17-8-15(9-18)20-10-12(17)2/h4-7,12,15,18H,3,8-11H2,1-2H3. The fourth-order valence-corrected chi connectivity index (χ4v) is 2.32. The van der Waals surface area contributed by atoms with Gasteiger partial charge in [0.1, 0.15) is 5.75 Å². The number of hydrogen-bond donors (Lipinski definition) is 1. The predicted molar refractivity (Wildman–Crippen MR) is 79.3 cm³/mol. The number of amides is 1. The third-order valence-electron chi connectivity index (χ3n) is 3.72. The molecule has 5 nitrogen and oxygen atoms in total. The van der Waals surface area contributed by atoms with Gasteiger partial charge in [-0.05, 0) is 31.0 Å². The zero-order valence-corrected chi connectivity index (χ0v) is 12.6. The van der Waals surface area contributed by atoms with Crippen LogP contribution in [0.1, 0.15) is 19.4 Å². The van der Waals surface area contributed by atoms with Gasteiger partial charge in [0, 0.05) is 6.54 Å². The summed E-state index contributed by atoms with van der Waals surface area (Å²) in [6, 6.07) is 7.76. The SMILES string of the molecule is CCc1ccc(OCC(=O)N2CC(CO)OCC2C)cc1. The lowest BCUT2D eigenvalue weighted by atomic mass is 10.2. The van der Waals surface area contributed by atoms with Gasteiger partial charge in [-0.15, -0.1) is 0 Å². The van der Waals surface area contributed by atoms with Crippen molar-refractivity contribution in [3.63, 3.8) is 0 Å². The second-order valence-corrected chi connectivity index (χ2v) is 5.32. The maximum absolute atomic E-state index is 12.2. The Morgan fingerprint density at radius 1 is 1.43 bits per heavy atom. The minimum Gasteiger partial charge on any atom is -0.484 e. The van der Waals surface area contributed by atoms with Crippen molar-refractivity contribution < 1.29 is 19.4 Å². The number of aliphatic hydroxyl groups is 1. The summed E-state index contributed by atoms with van der Waals surface area (Å²) in [7, 11) is 0. The van der Waals surface area contributed by atoms with Crippen LogP contribution in [-0.4, -0.2) is 54.4 Å². The lowest BCUT2D eigenvalue weighted by Gasteiger charge is -2.37. The molecule has 1 aliphatic heterocycles. The van der Waals surface area contributed by atoms with E-state index in [2.05, 4.69) is 6.92 Å². The lowest BCUT2D eigenvalue weighted by Crippen LogP contribution is -2.53. The molecule has 2 rings (SSSR count). The van der Waals surface area contributed by atoms with Gasteiger partial charge in [0.25, 0.3) is 5.91 Å². The predicted octanol–water partition coefficient (Wildman–Crippen LogP) is 1.24. The molecule has 1 fully saturated rings. The molecule has 1 amide bonds. The summed E-state index contributed by atoms with van der Waals surface area (Å²) in [6.07, 6.45) is 0.682. The molecule has 0 spiro atoms. The van der Waals surface area contributed by atoms with Gasteiger partial charge >= 0.3 is 0 Å². The first-order chi connectivity index (χ1) is 10.1. The van der Waals surface area contributed by atoms with Crippen LogP contribution >= 0.6 is 0 Å². The van der Waals surface area contributed by atoms with Crippen LogP contribution in [0.15, 0.2) is 24.3 Å². The average Bonchev–Trinajstić information content (AvgIpc) is 2.53. The maximum Gasteiger partial charge on any atom is 0.260 e. The number of carbonyl (C=O) groups is 1. The Hall–Kier alpha value is -1.59. The highest BCUT2D eigenvalue weighted by Crippen LogP contribution is 2.15. The largest absolute Gasteiger partial charge is 0.484 e. The molecule has 0 saturated carbocycles. The Balaban J connectivity index is 1.87. The van der Waals surface area contributed by atoms with Crippen molar-refractivity contribution in [3.8, 4) is 5.75 Å². The highest BCUT2D eigenvalue weighted by molar-refractivity contribution is 5.78. The van der Waals surface area contributed by atoms with Crippen molar-refractivity contribution in [1.29, 1.82) is 0 Å². The van der Waals surface area contributed by atoms with E-state index in [9.17, 15) is 4.79 Å². The Morgan fingerprint density at radius 3 is 2.76 bits per heavy atom. The molecule has 1 saturated heterocycles. The summed E-state index contributed by atoms with van der Waals surface area (Å²) in [6.45, 7) is 4.82. The zero-order valence-electron chi connectivity index (χ0n) is 12.6. The molecule has 5 heteroatoms. The van der Waals surface area contributed by atoms with E-state index < -0.39 is 0 Å². The van der Waals surface area contributed by atoms with Crippen molar-refractivity contribution in [2.75, 3.05) is 26.4 Å². The van der Waals surface area contributed by atoms with Gasteiger partial charge in [-0.3, -0.25) is 4.79 Å². The summed E-state index contributed by atoms with van der Waals surface area (Å²) in [5.41, 5.74) is 1.24. The molecule has 1 heterocycles. The van der Waals surface area contributed by atoms with Crippen LogP contribution in [-0.2, 0) is 16.0 Å². The molecule has 0 radical (unpaired) electrons. The van der Waals surface area contributed by atoms with Crippen LogP contribution in [0.5, 0.6) is 5.75 Å². The maximum atomic E-state index is 12.2. The van der Waals surface area contributed by atoms with Gasteiger partial charge in [0.05, 0.1) is 25.4 Å². The Kier molecular flexibility index (Phi) is 5.59.